The molecule has 0 saturated carbocycles. The van der Waals surface area contributed by atoms with Crippen molar-refractivity contribution in [2.75, 3.05) is 11.4 Å². The van der Waals surface area contributed by atoms with E-state index < -0.39 is 0 Å². The van der Waals surface area contributed by atoms with Crippen LogP contribution in [-0.4, -0.2) is 22.8 Å². The summed E-state index contributed by atoms with van der Waals surface area (Å²) in [6.07, 6.45) is 0.354. The largest absolute Gasteiger partial charge is 0.310 e. The molecule has 1 unspecified atom stereocenters. The lowest BCUT2D eigenvalue weighted by molar-refractivity contribution is -0.117. The van der Waals surface area contributed by atoms with Crippen LogP contribution in [0.1, 0.15) is 13.3 Å². The molecule has 1 heterocycles. The third-order valence-electron chi connectivity index (χ3n) is 2.64. The molecule has 1 atom stereocenters. The van der Waals surface area contributed by atoms with E-state index >= 15 is 0 Å². The van der Waals surface area contributed by atoms with Crippen molar-refractivity contribution < 1.29 is 9.59 Å². The van der Waals surface area contributed by atoms with Crippen molar-refractivity contribution in [3.63, 3.8) is 0 Å². The van der Waals surface area contributed by atoms with E-state index in [0.717, 1.165) is 0 Å². The zero-order valence-electron chi connectivity index (χ0n) is 9.65. The molecule has 1 aromatic rings. The smallest absolute Gasteiger partial charge is 0.228 e. The Morgan fingerprint density at radius 2 is 2.17 bits per heavy atom. The molecule has 0 bridgehead atoms. The van der Waals surface area contributed by atoms with Gasteiger partial charge in [0.1, 0.15) is 0 Å². The van der Waals surface area contributed by atoms with Crippen LogP contribution in [0.15, 0.2) is 18.2 Å². The van der Waals surface area contributed by atoms with Crippen molar-refractivity contribution in [2.24, 2.45) is 0 Å². The van der Waals surface area contributed by atoms with Crippen LogP contribution in [0.3, 0.4) is 0 Å². The molecule has 1 saturated heterocycles. The number of thioether (sulfide) groups is 1. The predicted octanol–water partition coefficient (Wildman–Crippen LogP) is 3.38. The summed E-state index contributed by atoms with van der Waals surface area (Å²) in [5, 5.41) is 0.808. The van der Waals surface area contributed by atoms with Gasteiger partial charge in [0.15, 0.2) is 5.12 Å². The van der Waals surface area contributed by atoms with Crippen molar-refractivity contribution in [1.29, 1.82) is 0 Å². The summed E-state index contributed by atoms with van der Waals surface area (Å²) in [6, 6.07) is 5.19. The van der Waals surface area contributed by atoms with Gasteiger partial charge < -0.3 is 4.90 Å². The van der Waals surface area contributed by atoms with Crippen LogP contribution in [0.2, 0.25) is 10.0 Å². The molecular weight excluding hydrogens is 293 g/mol. The molecule has 0 N–H and O–H groups in total. The molecule has 1 aliphatic rings. The van der Waals surface area contributed by atoms with Crippen molar-refractivity contribution in [1.82, 2.24) is 0 Å². The van der Waals surface area contributed by atoms with E-state index in [1.165, 1.54) is 18.7 Å². The van der Waals surface area contributed by atoms with Crippen LogP contribution in [0.25, 0.3) is 0 Å². The van der Waals surface area contributed by atoms with E-state index in [0.29, 0.717) is 28.7 Å². The van der Waals surface area contributed by atoms with Gasteiger partial charge in [-0.15, -0.1) is 0 Å². The zero-order valence-corrected chi connectivity index (χ0v) is 12.0. The Morgan fingerprint density at radius 3 is 2.83 bits per heavy atom. The molecule has 6 heteroatoms. The van der Waals surface area contributed by atoms with E-state index in [-0.39, 0.29) is 16.3 Å². The highest BCUT2D eigenvalue weighted by Crippen LogP contribution is 2.36. The van der Waals surface area contributed by atoms with Gasteiger partial charge in [0.2, 0.25) is 5.91 Å². The van der Waals surface area contributed by atoms with E-state index in [1.54, 1.807) is 23.1 Å². The fourth-order valence-electron chi connectivity index (χ4n) is 1.92. The number of nitrogens with zero attached hydrogens (tertiary/aromatic N) is 1. The lowest BCUT2D eigenvalue weighted by Crippen LogP contribution is -2.25. The summed E-state index contributed by atoms with van der Waals surface area (Å²) in [7, 11) is 0. The maximum Gasteiger partial charge on any atom is 0.228 e. The highest BCUT2D eigenvalue weighted by molar-refractivity contribution is 8.14. The first-order chi connectivity index (χ1) is 8.49. The second-order valence-electron chi connectivity index (χ2n) is 4.01. The lowest BCUT2D eigenvalue weighted by atomic mass is 10.3. The molecule has 1 amide bonds. The molecule has 1 aliphatic heterocycles. The first-order valence-electron chi connectivity index (χ1n) is 5.40. The number of carbonyl (C=O) groups excluding carboxylic acids is 2. The van der Waals surface area contributed by atoms with Crippen LogP contribution in [0.5, 0.6) is 0 Å². The molecule has 0 aromatic heterocycles. The van der Waals surface area contributed by atoms with Gasteiger partial charge in [0.25, 0.3) is 0 Å². The van der Waals surface area contributed by atoms with E-state index in [1.807, 2.05) is 0 Å². The maximum atomic E-state index is 11.9. The molecule has 1 fully saturated rings. The number of halogens is 2. The fraction of sp³-hybridized carbons (Fsp3) is 0.333. The molecular formula is C12H11Cl2NO2S. The molecule has 96 valence electrons. The monoisotopic (exact) mass is 303 g/mol. The Balaban J connectivity index is 2.22. The fourth-order valence-corrected chi connectivity index (χ4v) is 3.24. The second-order valence-corrected chi connectivity index (χ2v) is 6.28. The first kappa shape index (κ1) is 13.7. The number of rotatable bonds is 2. The zero-order chi connectivity index (χ0) is 13.3. The first-order valence-corrected chi connectivity index (χ1v) is 7.04. The van der Waals surface area contributed by atoms with Crippen LogP contribution >= 0.6 is 35.0 Å². The molecule has 0 spiro atoms. The van der Waals surface area contributed by atoms with Gasteiger partial charge in [0.05, 0.1) is 15.7 Å². The number of hydrogen-bond acceptors (Lipinski definition) is 3. The van der Waals surface area contributed by atoms with E-state index in [2.05, 4.69) is 0 Å². The lowest BCUT2D eigenvalue weighted by Gasteiger charge is -2.18. The Hall–Kier alpha value is -0.710. The summed E-state index contributed by atoms with van der Waals surface area (Å²) >= 11 is 13.2. The standard InChI is InChI=1S/C12H11Cl2NO2S/c1-7(16)18-8-5-11(17)15(6-8)10-4-2-3-9(13)12(10)14/h2-4,8H,5-6H2,1H3. The van der Waals surface area contributed by atoms with Crippen LogP contribution in [-0.2, 0) is 9.59 Å². The Bertz CT molecular complexity index is 507. The average molecular weight is 304 g/mol. The Morgan fingerprint density at radius 1 is 1.44 bits per heavy atom. The summed E-state index contributed by atoms with van der Waals surface area (Å²) < 4.78 is 0. The summed E-state index contributed by atoms with van der Waals surface area (Å²) in [6.45, 7) is 1.99. The molecule has 0 radical (unpaired) electrons. The molecule has 18 heavy (non-hydrogen) atoms. The van der Waals surface area contributed by atoms with Gasteiger partial charge in [-0.1, -0.05) is 41.0 Å². The normalized spacial score (nSPS) is 19.4. The number of amides is 1. The van der Waals surface area contributed by atoms with Gasteiger partial charge in [-0.25, -0.2) is 0 Å². The Labute approximate surface area is 119 Å². The van der Waals surface area contributed by atoms with Crippen LogP contribution in [0, 0.1) is 0 Å². The SMILES string of the molecule is CC(=O)SC1CC(=O)N(c2cccc(Cl)c2Cl)C1. The number of anilines is 1. The molecule has 3 nitrogen and oxygen atoms in total. The minimum atomic E-state index is -0.0297. The molecule has 0 aliphatic carbocycles. The third-order valence-corrected chi connectivity index (χ3v) is 4.43. The minimum absolute atomic E-state index is 0.00921. The van der Waals surface area contributed by atoms with Crippen molar-refractivity contribution in [2.45, 2.75) is 18.6 Å². The molecule has 1 aromatic carbocycles. The minimum Gasteiger partial charge on any atom is -0.310 e. The predicted molar refractivity (Wildman–Crippen MR) is 75.5 cm³/mol. The van der Waals surface area contributed by atoms with Crippen molar-refractivity contribution >= 4 is 51.7 Å². The van der Waals surface area contributed by atoms with E-state index in [4.69, 9.17) is 23.2 Å². The summed E-state index contributed by atoms with van der Waals surface area (Å²) in [5.41, 5.74) is 0.612. The quantitative estimate of drug-likeness (QED) is 0.840. The highest BCUT2D eigenvalue weighted by Gasteiger charge is 2.33. The maximum absolute atomic E-state index is 11.9. The topological polar surface area (TPSA) is 37.4 Å². The average Bonchev–Trinajstić information content (AvgIpc) is 2.62. The van der Waals surface area contributed by atoms with Crippen molar-refractivity contribution in [3.8, 4) is 0 Å². The van der Waals surface area contributed by atoms with Gasteiger partial charge in [0, 0.05) is 25.1 Å². The third kappa shape index (κ3) is 2.82. The van der Waals surface area contributed by atoms with E-state index in [9.17, 15) is 9.59 Å². The van der Waals surface area contributed by atoms with Gasteiger partial charge in [-0.3, -0.25) is 9.59 Å². The Kier molecular flexibility index (Phi) is 4.20. The number of hydrogen-bond donors (Lipinski definition) is 0. The van der Waals surface area contributed by atoms with Gasteiger partial charge in [-0.05, 0) is 12.1 Å². The highest BCUT2D eigenvalue weighted by atomic mass is 35.5. The second kappa shape index (κ2) is 5.51. The van der Waals surface area contributed by atoms with Gasteiger partial charge >= 0.3 is 0 Å². The van der Waals surface area contributed by atoms with Gasteiger partial charge in [-0.2, -0.15) is 0 Å². The van der Waals surface area contributed by atoms with Crippen LogP contribution < -0.4 is 4.90 Å². The number of benzene rings is 1. The molecule has 2 rings (SSSR count). The number of carbonyl (C=O) groups is 2. The van der Waals surface area contributed by atoms with Crippen molar-refractivity contribution in [3.05, 3.63) is 28.2 Å². The summed E-state index contributed by atoms with van der Waals surface area (Å²) in [4.78, 5) is 24.6. The van der Waals surface area contributed by atoms with Crippen LogP contribution in [0.4, 0.5) is 5.69 Å². The summed E-state index contributed by atoms with van der Waals surface area (Å²) in [5.74, 6) is -0.0297.